The fourth-order valence-corrected chi connectivity index (χ4v) is 3.21. The molecule has 1 aromatic carbocycles. The maximum Gasteiger partial charge on any atom is 0.231 e. The molecule has 1 aromatic heterocycles. The second-order valence-electron chi connectivity index (χ2n) is 6.34. The average molecular weight is 357 g/mol. The zero-order valence-electron chi connectivity index (χ0n) is 15.0. The topological polar surface area (TPSA) is 73.1 Å². The molecule has 8 nitrogen and oxygen atoms in total. The number of aryl methyl sites for hydroxylation is 1. The first-order valence-corrected chi connectivity index (χ1v) is 8.67. The summed E-state index contributed by atoms with van der Waals surface area (Å²) in [5, 5.41) is 7.66. The molecule has 4 rings (SSSR count). The molecule has 2 aromatic rings. The van der Waals surface area contributed by atoms with Crippen molar-refractivity contribution >= 4 is 5.96 Å². The molecule has 0 bridgehead atoms. The predicted molar refractivity (Wildman–Crippen MR) is 96.2 cm³/mol. The van der Waals surface area contributed by atoms with Crippen LogP contribution in [0.5, 0.6) is 11.5 Å². The smallest absolute Gasteiger partial charge is 0.231 e. The third-order valence-electron chi connectivity index (χ3n) is 4.56. The molecular formula is C18H23N5O3. The van der Waals surface area contributed by atoms with Crippen LogP contribution in [0.2, 0.25) is 0 Å². The van der Waals surface area contributed by atoms with E-state index in [1.165, 1.54) is 0 Å². The van der Waals surface area contributed by atoms with Gasteiger partial charge in [0.05, 0.1) is 19.3 Å². The molecular weight excluding hydrogens is 334 g/mol. The van der Waals surface area contributed by atoms with Crippen molar-refractivity contribution in [3.8, 4) is 11.5 Å². The summed E-state index contributed by atoms with van der Waals surface area (Å²) in [5.74, 6) is 2.45. The molecule has 1 N–H and O–H groups in total. The van der Waals surface area contributed by atoms with Crippen LogP contribution in [0.1, 0.15) is 17.2 Å². The lowest BCUT2D eigenvalue weighted by atomic mass is 10.1. The summed E-state index contributed by atoms with van der Waals surface area (Å²) in [6, 6.07) is 5.97. The summed E-state index contributed by atoms with van der Waals surface area (Å²) in [6.07, 6.45) is 3.86. The minimum absolute atomic E-state index is 0.00143. The summed E-state index contributed by atoms with van der Waals surface area (Å²) in [7, 11) is 3.71. The van der Waals surface area contributed by atoms with E-state index in [0.717, 1.165) is 41.7 Å². The van der Waals surface area contributed by atoms with Crippen LogP contribution in [0.3, 0.4) is 0 Å². The van der Waals surface area contributed by atoms with Gasteiger partial charge in [-0.15, -0.1) is 0 Å². The number of ether oxygens (including phenoxy) is 3. The number of aromatic nitrogens is 2. The summed E-state index contributed by atoms with van der Waals surface area (Å²) in [5.41, 5.74) is 2.20. The van der Waals surface area contributed by atoms with Gasteiger partial charge in [0.25, 0.3) is 0 Å². The second kappa shape index (κ2) is 7.25. The molecule has 0 saturated carbocycles. The highest BCUT2D eigenvalue weighted by molar-refractivity contribution is 5.80. The van der Waals surface area contributed by atoms with Gasteiger partial charge in [-0.3, -0.25) is 9.67 Å². The third kappa shape index (κ3) is 3.45. The van der Waals surface area contributed by atoms with Gasteiger partial charge in [0.1, 0.15) is 6.10 Å². The van der Waals surface area contributed by atoms with E-state index >= 15 is 0 Å². The van der Waals surface area contributed by atoms with Gasteiger partial charge in [0.2, 0.25) is 6.79 Å². The zero-order valence-corrected chi connectivity index (χ0v) is 15.0. The number of hydrogen-bond donors (Lipinski definition) is 1. The summed E-state index contributed by atoms with van der Waals surface area (Å²) < 4.78 is 18.5. The number of morpholine rings is 1. The Balaban J connectivity index is 1.39. The van der Waals surface area contributed by atoms with E-state index in [1.807, 2.05) is 37.6 Å². The fraction of sp³-hybridized carbons (Fsp3) is 0.444. The normalized spacial score (nSPS) is 19.7. The largest absolute Gasteiger partial charge is 0.454 e. The summed E-state index contributed by atoms with van der Waals surface area (Å²) >= 11 is 0. The van der Waals surface area contributed by atoms with Crippen molar-refractivity contribution in [2.24, 2.45) is 12.0 Å². The van der Waals surface area contributed by atoms with Gasteiger partial charge < -0.3 is 24.4 Å². The van der Waals surface area contributed by atoms with E-state index in [1.54, 1.807) is 11.7 Å². The Bertz CT molecular complexity index is 804. The third-order valence-corrected chi connectivity index (χ3v) is 4.56. The molecule has 1 unspecified atom stereocenters. The van der Waals surface area contributed by atoms with Crippen molar-refractivity contribution in [1.29, 1.82) is 0 Å². The minimum atomic E-state index is 0.00143. The van der Waals surface area contributed by atoms with E-state index < -0.39 is 0 Å². The Morgan fingerprint density at radius 1 is 1.35 bits per heavy atom. The van der Waals surface area contributed by atoms with E-state index in [4.69, 9.17) is 14.2 Å². The molecule has 3 heterocycles. The molecule has 8 heteroatoms. The lowest BCUT2D eigenvalue weighted by Crippen LogP contribution is -2.47. The van der Waals surface area contributed by atoms with Crippen molar-refractivity contribution in [1.82, 2.24) is 20.0 Å². The van der Waals surface area contributed by atoms with Gasteiger partial charge in [0, 0.05) is 38.9 Å². The average Bonchev–Trinajstić information content (AvgIpc) is 3.31. The molecule has 26 heavy (non-hydrogen) atoms. The minimum Gasteiger partial charge on any atom is -0.454 e. The monoisotopic (exact) mass is 357 g/mol. The van der Waals surface area contributed by atoms with Gasteiger partial charge in [-0.05, 0) is 17.7 Å². The Hall–Kier alpha value is -2.74. The molecule has 2 aliphatic heterocycles. The Kier molecular flexibility index (Phi) is 4.66. The lowest BCUT2D eigenvalue weighted by Gasteiger charge is -2.34. The highest BCUT2D eigenvalue weighted by atomic mass is 16.7. The molecule has 1 saturated heterocycles. The standard InChI is InChI=1S/C18H23N5O3/c1-19-18(20-8-13-3-4-15-16(7-13)26-12-25-15)23-5-6-24-17(11-23)14-9-21-22(2)10-14/h3-4,7,9-10,17H,5-6,8,11-12H2,1-2H3,(H,19,20). The molecule has 0 amide bonds. The van der Waals surface area contributed by atoms with Crippen LogP contribution in [0.15, 0.2) is 35.6 Å². The van der Waals surface area contributed by atoms with Crippen molar-refractivity contribution < 1.29 is 14.2 Å². The highest BCUT2D eigenvalue weighted by Gasteiger charge is 2.25. The molecule has 2 aliphatic rings. The molecule has 1 fully saturated rings. The van der Waals surface area contributed by atoms with Crippen LogP contribution in [0, 0.1) is 0 Å². The quantitative estimate of drug-likeness (QED) is 0.659. The van der Waals surface area contributed by atoms with Gasteiger partial charge >= 0.3 is 0 Å². The van der Waals surface area contributed by atoms with Crippen molar-refractivity contribution in [3.63, 3.8) is 0 Å². The maximum atomic E-state index is 5.91. The Labute approximate surface area is 152 Å². The molecule has 0 radical (unpaired) electrons. The highest BCUT2D eigenvalue weighted by Crippen LogP contribution is 2.32. The number of aliphatic imine (C=N–C) groups is 1. The van der Waals surface area contributed by atoms with Crippen LogP contribution >= 0.6 is 0 Å². The first kappa shape index (κ1) is 16.7. The summed E-state index contributed by atoms with van der Waals surface area (Å²) in [6.45, 7) is 3.16. The van der Waals surface area contributed by atoms with Gasteiger partial charge in [-0.25, -0.2) is 0 Å². The molecule has 0 aliphatic carbocycles. The Morgan fingerprint density at radius 3 is 3.04 bits per heavy atom. The number of hydrogen-bond acceptors (Lipinski definition) is 5. The van der Waals surface area contributed by atoms with Crippen LogP contribution in [-0.2, 0) is 18.3 Å². The van der Waals surface area contributed by atoms with Crippen LogP contribution < -0.4 is 14.8 Å². The molecule has 1 atom stereocenters. The number of nitrogens with one attached hydrogen (secondary N) is 1. The van der Waals surface area contributed by atoms with Crippen LogP contribution in [-0.4, -0.2) is 54.2 Å². The van der Waals surface area contributed by atoms with E-state index in [9.17, 15) is 0 Å². The second-order valence-corrected chi connectivity index (χ2v) is 6.34. The number of guanidine groups is 1. The van der Waals surface area contributed by atoms with E-state index in [0.29, 0.717) is 13.2 Å². The lowest BCUT2D eigenvalue weighted by molar-refractivity contribution is -0.00805. The van der Waals surface area contributed by atoms with Gasteiger partial charge in [-0.1, -0.05) is 6.07 Å². The number of nitrogens with zero attached hydrogens (tertiary/aromatic N) is 4. The van der Waals surface area contributed by atoms with Crippen molar-refractivity contribution in [3.05, 3.63) is 41.7 Å². The Morgan fingerprint density at radius 2 is 2.23 bits per heavy atom. The fourth-order valence-electron chi connectivity index (χ4n) is 3.21. The molecule has 138 valence electrons. The van der Waals surface area contributed by atoms with Gasteiger partial charge in [0.15, 0.2) is 17.5 Å². The summed E-state index contributed by atoms with van der Waals surface area (Å²) in [4.78, 5) is 6.65. The molecule has 0 spiro atoms. The van der Waals surface area contributed by atoms with E-state index in [-0.39, 0.29) is 12.9 Å². The van der Waals surface area contributed by atoms with E-state index in [2.05, 4.69) is 20.3 Å². The number of fused-ring (bicyclic) bond motifs is 1. The maximum absolute atomic E-state index is 5.91. The first-order valence-electron chi connectivity index (χ1n) is 8.67. The SMILES string of the molecule is CN=C(NCc1ccc2c(c1)OCO2)N1CCOC(c2cnn(C)c2)C1. The zero-order chi connectivity index (χ0) is 17.9. The number of rotatable bonds is 3. The van der Waals surface area contributed by atoms with Crippen LogP contribution in [0.25, 0.3) is 0 Å². The van der Waals surface area contributed by atoms with Crippen molar-refractivity contribution in [2.75, 3.05) is 33.5 Å². The van der Waals surface area contributed by atoms with Crippen molar-refractivity contribution in [2.45, 2.75) is 12.6 Å². The predicted octanol–water partition coefficient (Wildman–Crippen LogP) is 1.30. The van der Waals surface area contributed by atoms with Crippen LogP contribution in [0.4, 0.5) is 0 Å². The number of benzene rings is 1. The first-order chi connectivity index (χ1) is 12.7. The van der Waals surface area contributed by atoms with Gasteiger partial charge in [-0.2, -0.15) is 5.10 Å².